The highest BCUT2D eigenvalue weighted by Crippen LogP contribution is 2.19. The number of hydrogen-bond acceptors (Lipinski definition) is 4. The molecule has 6 heteroatoms. The summed E-state index contributed by atoms with van der Waals surface area (Å²) in [6, 6.07) is 3.41. The number of carbonyl (C=O) groups excluding carboxylic acids is 2. The lowest BCUT2D eigenvalue weighted by Crippen LogP contribution is -2.41. The third-order valence-corrected chi connectivity index (χ3v) is 3.62. The molecule has 2 heterocycles. The number of piperidine rings is 1. The van der Waals surface area contributed by atoms with E-state index in [0.717, 1.165) is 12.8 Å². The van der Waals surface area contributed by atoms with Gasteiger partial charge >= 0.3 is 0 Å². The van der Waals surface area contributed by atoms with Gasteiger partial charge in [0.05, 0.1) is 6.54 Å². The third kappa shape index (κ3) is 3.60. The van der Waals surface area contributed by atoms with E-state index in [-0.39, 0.29) is 11.8 Å². The number of nitrogens with zero attached hydrogens (tertiary/aromatic N) is 1. The van der Waals surface area contributed by atoms with Crippen molar-refractivity contribution in [2.45, 2.75) is 26.3 Å². The summed E-state index contributed by atoms with van der Waals surface area (Å²) in [5.74, 6) is 1.33. The maximum Gasteiger partial charge on any atom is 0.289 e. The standard InChI is InChI=1S/C14H21N3O3/c1-10(18)16-9-11-4-6-17(7-5-11)14(19)13-3-2-12(8-15)20-13/h2-3,11H,4-9,15H2,1H3,(H,16,18). The molecule has 3 N–H and O–H groups in total. The molecule has 0 aromatic carbocycles. The number of furan rings is 1. The number of hydrogen-bond donors (Lipinski definition) is 2. The average Bonchev–Trinajstić information content (AvgIpc) is 2.94. The van der Waals surface area contributed by atoms with E-state index in [4.69, 9.17) is 10.2 Å². The van der Waals surface area contributed by atoms with Gasteiger partial charge in [-0.15, -0.1) is 0 Å². The van der Waals surface area contributed by atoms with Gasteiger partial charge in [-0.2, -0.15) is 0 Å². The van der Waals surface area contributed by atoms with Crippen molar-refractivity contribution in [1.29, 1.82) is 0 Å². The Balaban J connectivity index is 1.84. The molecule has 6 nitrogen and oxygen atoms in total. The Morgan fingerprint density at radius 2 is 2.10 bits per heavy atom. The summed E-state index contributed by atoms with van der Waals surface area (Å²) in [6.45, 7) is 3.90. The molecule has 1 aliphatic rings. The van der Waals surface area contributed by atoms with Crippen LogP contribution in [0.5, 0.6) is 0 Å². The van der Waals surface area contributed by atoms with Crippen molar-refractivity contribution in [3.8, 4) is 0 Å². The van der Waals surface area contributed by atoms with E-state index >= 15 is 0 Å². The first kappa shape index (κ1) is 14.6. The lowest BCUT2D eigenvalue weighted by Gasteiger charge is -2.31. The van der Waals surface area contributed by atoms with Crippen LogP contribution in [0.1, 0.15) is 36.1 Å². The molecule has 1 fully saturated rings. The van der Waals surface area contributed by atoms with Crippen LogP contribution >= 0.6 is 0 Å². The number of amides is 2. The minimum absolute atomic E-state index is 0.00611. The smallest absolute Gasteiger partial charge is 0.289 e. The van der Waals surface area contributed by atoms with Crippen LogP contribution in [0.3, 0.4) is 0 Å². The second kappa shape index (κ2) is 6.56. The number of nitrogens with one attached hydrogen (secondary N) is 1. The molecule has 2 rings (SSSR count). The summed E-state index contributed by atoms with van der Waals surface area (Å²) in [4.78, 5) is 24.9. The molecule has 0 aliphatic carbocycles. The quantitative estimate of drug-likeness (QED) is 0.850. The number of nitrogens with two attached hydrogens (primary N) is 1. The Morgan fingerprint density at radius 1 is 1.40 bits per heavy atom. The van der Waals surface area contributed by atoms with Gasteiger partial charge in [0.1, 0.15) is 5.76 Å². The van der Waals surface area contributed by atoms with Gasteiger partial charge < -0.3 is 20.4 Å². The second-order valence-corrected chi connectivity index (χ2v) is 5.14. The van der Waals surface area contributed by atoms with Crippen molar-refractivity contribution in [2.75, 3.05) is 19.6 Å². The first-order chi connectivity index (χ1) is 9.60. The molecule has 1 aromatic rings. The highest BCUT2D eigenvalue weighted by molar-refractivity contribution is 5.91. The average molecular weight is 279 g/mol. The molecule has 20 heavy (non-hydrogen) atoms. The fourth-order valence-corrected chi connectivity index (χ4v) is 2.39. The molecule has 0 radical (unpaired) electrons. The van der Waals surface area contributed by atoms with Crippen molar-refractivity contribution < 1.29 is 14.0 Å². The SMILES string of the molecule is CC(=O)NCC1CCN(C(=O)c2ccc(CN)o2)CC1. The van der Waals surface area contributed by atoms with Crippen LogP contribution in [0.25, 0.3) is 0 Å². The molecule has 2 amide bonds. The third-order valence-electron chi connectivity index (χ3n) is 3.62. The van der Waals surface area contributed by atoms with E-state index < -0.39 is 0 Å². The molecule has 1 saturated heterocycles. The van der Waals surface area contributed by atoms with Crippen molar-refractivity contribution in [3.05, 3.63) is 23.7 Å². The van der Waals surface area contributed by atoms with E-state index in [0.29, 0.717) is 43.6 Å². The molecule has 0 bridgehead atoms. The molecule has 1 aromatic heterocycles. The Kier molecular flexibility index (Phi) is 4.79. The van der Waals surface area contributed by atoms with Crippen molar-refractivity contribution in [3.63, 3.8) is 0 Å². The van der Waals surface area contributed by atoms with Crippen LogP contribution in [0.4, 0.5) is 0 Å². The van der Waals surface area contributed by atoms with Gasteiger partial charge in [-0.25, -0.2) is 0 Å². The first-order valence-corrected chi connectivity index (χ1v) is 6.92. The number of likely N-dealkylation sites (tertiary alicyclic amines) is 1. The zero-order chi connectivity index (χ0) is 14.5. The van der Waals surface area contributed by atoms with Crippen LogP contribution in [-0.2, 0) is 11.3 Å². The van der Waals surface area contributed by atoms with Gasteiger partial charge in [-0.05, 0) is 30.9 Å². The lowest BCUT2D eigenvalue weighted by molar-refractivity contribution is -0.119. The monoisotopic (exact) mass is 279 g/mol. The van der Waals surface area contributed by atoms with Crippen LogP contribution in [0, 0.1) is 5.92 Å². The lowest BCUT2D eigenvalue weighted by atomic mass is 9.96. The Morgan fingerprint density at radius 3 is 2.65 bits per heavy atom. The first-order valence-electron chi connectivity index (χ1n) is 6.92. The van der Waals surface area contributed by atoms with Gasteiger partial charge in [-0.1, -0.05) is 0 Å². The number of carbonyl (C=O) groups is 2. The summed E-state index contributed by atoms with van der Waals surface area (Å²) in [7, 11) is 0. The number of rotatable bonds is 4. The molecule has 0 spiro atoms. The van der Waals surface area contributed by atoms with E-state index in [1.165, 1.54) is 6.92 Å². The fraction of sp³-hybridized carbons (Fsp3) is 0.571. The molecular formula is C14H21N3O3. The summed E-state index contributed by atoms with van der Waals surface area (Å²) in [5, 5.41) is 2.83. The van der Waals surface area contributed by atoms with Crippen LogP contribution in [-0.4, -0.2) is 36.3 Å². The van der Waals surface area contributed by atoms with Gasteiger partial charge in [0.2, 0.25) is 5.91 Å². The maximum atomic E-state index is 12.2. The van der Waals surface area contributed by atoms with Gasteiger partial charge in [0, 0.05) is 26.6 Å². The summed E-state index contributed by atoms with van der Waals surface area (Å²) >= 11 is 0. The highest BCUT2D eigenvalue weighted by atomic mass is 16.4. The minimum atomic E-state index is -0.0809. The van der Waals surface area contributed by atoms with Crippen LogP contribution < -0.4 is 11.1 Å². The molecule has 1 aliphatic heterocycles. The van der Waals surface area contributed by atoms with Crippen LogP contribution in [0.15, 0.2) is 16.5 Å². The maximum absolute atomic E-state index is 12.2. The summed E-state index contributed by atoms with van der Waals surface area (Å²) in [5.41, 5.74) is 5.46. The van der Waals surface area contributed by atoms with Crippen molar-refractivity contribution in [2.24, 2.45) is 11.7 Å². The minimum Gasteiger partial charge on any atom is -0.455 e. The molecule has 0 saturated carbocycles. The van der Waals surface area contributed by atoms with Gasteiger partial charge in [-0.3, -0.25) is 9.59 Å². The highest BCUT2D eigenvalue weighted by Gasteiger charge is 2.25. The summed E-state index contributed by atoms with van der Waals surface area (Å²) in [6.07, 6.45) is 1.80. The van der Waals surface area contributed by atoms with Gasteiger partial charge in [0.25, 0.3) is 5.91 Å². The van der Waals surface area contributed by atoms with Crippen LogP contribution in [0.2, 0.25) is 0 Å². The largest absolute Gasteiger partial charge is 0.455 e. The fourth-order valence-electron chi connectivity index (χ4n) is 2.39. The predicted octanol–water partition coefficient (Wildman–Crippen LogP) is 0.727. The zero-order valence-electron chi connectivity index (χ0n) is 11.7. The zero-order valence-corrected chi connectivity index (χ0v) is 11.7. The van der Waals surface area contributed by atoms with E-state index in [1.807, 2.05) is 0 Å². The summed E-state index contributed by atoms with van der Waals surface area (Å²) < 4.78 is 5.38. The van der Waals surface area contributed by atoms with Gasteiger partial charge in [0.15, 0.2) is 5.76 Å². The van der Waals surface area contributed by atoms with Crippen molar-refractivity contribution in [1.82, 2.24) is 10.2 Å². The topological polar surface area (TPSA) is 88.6 Å². The van der Waals surface area contributed by atoms with E-state index in [1.54, 1.807) is 17.0 Å². The predicted molar refractivity (Wildman–Crippen MR) is 73.9 cm³/mol. The molecule has 0 atom stereocenters. The van der Waals surface area contributed by atoms with E-state index in [9.17, 15) is 9.59 Å². The molecule has 110 valence electrons. The normalized spacial score (nSPS) is 16.2. The Labute approximate surface area is 118 Å². The van der Waals surface area contributed by atoms with Crippen molar-refractivity contribution >= 4 is 11.8 Å². The Hall–Kier alpha value is -1.82. The molecular weight excluding hydrogens is 258 g/mol. The van der Waals surface area contributed by atoms with E-state index in [2.05, 4.69) is 5.32 Å². The Bertz CT molecular complexity index is 476. The molecule has 0 unspecified atom stereocenters. The second-order valence-electron chi connectivity index (χ2n) is 5.14.